The molecule has 5 heteroatoms. The van der Waals surface area contributed by atoms with E-state index in [1.807, 2.05) is 0 Å². The Hall–Kier alpha value is -1.39. The van der Waals surface area contributed by atoms with E-state index in [2.05, 4.69) is 9.73 Å². The van der Waals surface area contributed by atoms with Gasteiger partial charge in [0.2, 0.25) is 0 Å². The summed E-state index contributed by atoms with van der Waals surface area (Å²) < 4.78 is 9.07. The number of esters is 1. The minimum absolute atomic E-state index is 0.124. The first-order chi connectivity index (χ1) is 5.97. The molecule has 0 spiro atoms. The van der Waals surface area contributed by atoms with Crippen LogP contribution < -0.4 is 0 Å². The Morgan fingerprint density at radius 1 is 1.62 bits per heavy atom. The van der Waals surface area contributed by atoms with Gasteiger partial charge in [0.05, 0.1) is 7.11 Å². The van der Waals surface area contributed by atoms with E-state index in [0.717, 1.165) is 0 Å². The molecule has 0 atom stereocenters. The minimum Gasteiger partial charge on any atom is -0.460 e. The van der Waals surface area contributed by atoms with E-state index in [-0.39, 0.29) is 12.3 Å². The Kier molecular flexibility index (Phi) is 2.36. The average molecular weight is 185 g/mol. The summed E-state index contributed by atoms with van der Waals surface area (Å²) in [5, 5.41) is 0. The number of carbonyl (C=O) groups excluding carboxylic acids is 2. The standard InChI is InChI=1S/C8H11NO4/c1-8(2)4-13-6(10)5(8)9-7(11)12-3/h4H2,1-3H3. The zero-order valence-corrected chi connectivity index (χ0v) is 7.79. The molecule has 1 amide bonds. The first-order valence-electron chi connectivity index (χ1n) is 3.81. The second-order valence-electron chi connectivity index (χ2n) is 3.39. The van der Waals surface area contributed by atoms with Crippen LogP contribution in [0.5, 0.6) is 0 Å². The molecule has 0 N–H and O–H groups in total. The molecule has 1 saturated heterocycles. The molecule has 1 aliphatic rings. The third-order valence-corrected chi connectivity index (χ3v) is 1.78. The Morgan fingerprint density at radius 3 is 2.62 bits per heavy atom. The molecule has 1 heterocycles. The van der Waals surface area contributed by atoms with Crippen LogP contribution >= 0.6 is 0 Å². The summed E-state index contributed by atoms with van der Waals surface area (Å²) in [6, 6.07) is 0. The topological polar surface area (TPSA) is 65.0 Å². The van der Waals surface area contributed by atoms with Gasteiger partial charge in [-0.15, -0.1) is 0 Å². The third-order valence-electron chi connectivity index (χ3n) is 1.78. The van der Waals surface area contributed by atoms with E-state index >= 15 is 0 Å². The third kappa shape index (κ3) is 1.85. The lowest BCUT2D eigenvalue weighted by molar-refractivity contribution is -0.133. The highest BCUT2D eigenvalue weighted by molar-refractivity contribution is 6.41. The highest BCUT2D eigenvalue weighted by atomic mass is 16.5. The molecule has 1 rings (SSSR count). The summed E-state index contributed by atoms with van der Waals surface area (Å²) in [4.78, 5) is 25.4. The van der Waals surface area contributed by atoms with Crippen LogP contribution in [0, 0.1) is 5.41 Å². The van der Waals surface area contributed by atoms with Gasteiger partial charge in [-0.05, 0) is 0 Å². The molecule has 0 radical (unpaired) electrons. The van der Waals surface area contributed by atoms with Gasteiger partial charge in [0, 0.05) is 5.41 Å². The average Bonchev–Trinajstić information content (AvgIpc) is 2.31. The molecule has 0 aromatic heterocycles. The molecular formula is C8H11NO4. The van der Waals surface area contributed by atoms with Crippen molar-refractivity contribution in [1.82, 2.24) is 0 Å². The van der Waals surface area contributed by atoms with Crippen LogP contribution in [0.4, 0.5) is 4.79 Å². The molecule has 0 aromatic rings. The first-order valence-corrected chi connectivity index (χ1v) is 3.81. The second-order valence-corrected chi connectivity index (χ2v) is 3.39. The van der Waals surface area contributed by atoms with Crippen LogP contribution in [0.1, 0.15) is 13.8 Å². The zero-order chi connectivity index (χ0) is 10.1. The fraction of sp³-hybridized carbons (Fsp3) is 0.625. The van der Waals surface area contributed by atoms with Crippen LogP contribution in [0.25, 0.3) is 0 Å². The van der Waals surface area contributed by atoms with Crippen molar-refractivity contribution in [2.24, 2.45) is 10.4 Å². The Balaban J connectivity index is 2.94. The number of rotatable bonds is 0. The number of nitrogens with zero attached hydrogens (tertiary/aromatic N) is 1. The van der Waals surface area contributed by atoms with Crippen molar-refractivity contribution in [2.75, 3.05) is 13.7 Å². The number of methoxy groups -OCH3 is 1. The molecule has 0 saturated carbocycles. The van der Waals surface area contributed by atoms with Crippen molar-refractivity contribution in [3.8, 4) is 0 Å². The molecule has 0 aromatic carbocycles. The van der Waals surface area contributed by atoms with Crippen LogP contribution in [0.2, 0.25) is 0 Å². The summed E-state index contributed by atoms with van der Waals surface area (Å²) in [6.45, 7) is 3.81. The van der Waals surface area contributed by atoms with Crippen LogP contribution in [-0.4, -0.2) is 31.5 Å². The number of amides is 1. The van der Waals surface area contributed by atoms with Gasteiger partial charge in [0.25, 0.3) is 0 Å². The smallest absolute Gasteiger partial charge is 0.433 e. The molecule has 1 aliphatic heterocycles. The summed E-state index contributed by atoms with van der Waals surface area (Å²) >= 11 is 0. The molecule has 1 fully saturated rings. The van der Waals surface area contributed by atoms with Gasteiger partial charge in [-0.2, -0.15) is 4.99 Å². The molecular weight excluding hydrogens is 174 g/mol. The summed E-state index contributed by atoms with van der Waals surface area (Å²) in [7, 11) is 1.21. The van der Waals surface area contributed by atoms with E-state index in [1.165, 1.54) is 7.11 Å². The van der Waals surface area contributed by atoms with Crippen LogP contribution in [0.15, 0.2) is 4.99 Å². The normalized spacial score (nSPS) is 23.0. The quantitative estimate of drug-likeness (QED) is 0.523. The van der Waals surface area contributed by atoms with Crippen molar-refractivity contribution in [2.45, 2.75) is 13.8 Å². The second kappa shape index (κ2) is 3.16. The molecule has 5 nitrogen and oxygen atoms in total. The number of hydrogen-bond donors (Lipinski definition) is 0. The van der Waals surface area contributed by atoms with E-state index in [0.29, 0.717) is 0 Å². The Labute approximate surface area is 75.7 Å². The molecule has 0 bridgehead atoms. The predicted molar refractivity (Wildman–Crippen MR) is 44.6 cm³/mol. The van der Waals surface area contributed by atoms with E-state index in [9.17, 15) is 9.59 Å². The summed E-state index contributed by atoms with van der Waals surface area (Å²) in [5.41, 5.74) is -0.384. The highest BCUT2D eigenvalue weighted by Crippen LogP contribution is 2.25. The number of ether oxygens (including phenoxy) is 2. The van der Waals surface area contributed by atoms with E-state index in [4.69, 9.17) is 4.74 Å². The monoisotopic (exact) mass is 185 g/mol. The molecule has 13 heavy (non-hydrogen) atoms. The van der Waals surface area contributed by atoms with Crippen molar-refractivity contribution < 1.29 is 19.1 Å². The van der Waals surface area contributed by atoms with E-state index < -0.39 is 17.5 Å². The maximum absolute atomic E-state index is 11.1. The lowest BCUT2D eigenvalue weighted by atomic mass is 9.91. The van der Waals surface area contributed by atoms with Crippen molar-refractivity contribution in [1.29, 1.82) is 0 Å². The Morgan fingerprint density at radius 2 is 2.23 bits per heavy atom. The van der Waals surface area contributed by atoms with Gasteiger partial charge in [0.15, 0.2) is 0 Å². The first kappa shape index (κ1) is 9.70. The van der Waals surface area contributed by atoms with Crippen LogP contribution in [0.3, 0.4) is 0 Å². The number of cyclic esters (lactones) is 1. The zero-order valence-electron chi connectivity index (χ0n) is 7.79. The van der Waals surface area contributed by atoms with Crippen molar-refractivity contribution in [3.05, 3.63) is 0 Å². The van der Waals surface area contributed by atoms with Crippen molar-refractivity contribution >= 4 is 17.8 Å². The molecule has 72 valence electrons. The lowest BCUT2D eigenvalue weighted by Crippen LogP contribution is -2.25. The maximum Gasteiger partial charge on any atom is 0.433 e. The Bertz CT molecular complexity index is 280. The summed E-state index contributed by atoms with van der Waals surface area (Å²) in [5.74, 6) is -0.546. The molecule has 0 aliphatic carbocycles. The van der Waals surface area contributed by atoms with E-state index in [1.54, 1.807) is 13.8 Å². The van der Waals surface area contributed by atoms with Gasteiger partial charge < -0.3 is 9.47 Å². The van der Waals surface area contributed by atoms with Crippen LogP contribution in [-0.2, 0) is 14.3 Å². The largest absolute Gasteiger partial charge is 0.460 e. The number of aliphatic imine (C=N–C) groups is 1. The fourth-order valence-electron chi connectivity index (χ4n) is 0.993. The lowest BCUT2D eigenvalue weighted by Gasteiger charge is -2.11. The van der Waals surface area contributed by atoms with Gasteiger partial charge >= 0.3 is 12.1 Å². The number of carbonyl (C=O) groups is 2. The maximum atomic E-state index is 11.1. The highest BCUT2D eigenvalue weighted by Gasteiger charge is 2.40. The van der Waals surface area contributed by atoms with Gasteiger partial charge in [-0.3, -0.25) is 0 Å². The summed E-state index contributed by atoms with van der Waals surface area (Å²) in [6.07, 6.45) is -0.776. The van der Waals surface area contributed by atoms with Gasteiger partial charge in [-0.25, -0.2) is 9.59 Å². The minimum atomic E-state index is -0.776. The van der Waals surface area contributed by atoms with Crippen molar-refractivity contribution in [3.63, 3.8) is 0 Å². The van der Waals surface area contributed by atoms with Gasteiger partial charge in [0.1, 0.15) is 12.3 Å². The van der Waals surface area contributed by atoms with Gasteiger partial charge in [-0.1, -0.05) is 13.8 Å². The molecule has 0 unspecified atom stereocenters. The number of hydrogen-bond acceptors (Lipinski definition) is 4. The fourth-order valence-corrected chi connectivity index (χ4v) is 0.993. The SMILES string of the molecule is COC(=O)N=C1C(=O)OCC1(C)C. The predicted octanol–water partition coefficient (Wildman–Crippen LogP) is 0.777.